The zero-order valence-corrected chi connectivity index (χ0v) is 28.9. The van der Waals surface area contributed by atoms with Crippen molar-refractivity contribution in [3.8, 4) is 5.75 Å². The van der Waals surface area contributed by atoms with Gasteiger partial charge in [0.15, 0.2) is 0 Å². The molecule has 0 bridgehead atoms. The van der Waals surface area contributed by atoms with Crippen LogP contribution in [0.3, 0.4) is 0 Å². The highest BCUT2D eigenvalue weighted by Gasteiger charge is 2.32. The Morgan fingerprint density at radius 3 is 1.36 bits per heavy atom. The Kier molecular flexibility index (Phi) is 15.9. The van der Waals surface area contributed by atoms with E-state index in [-0.39, 0.29) is 50.7 Å². The van der Waals surface area contributed by atoms with Crippen molar-refractivity contribution < 1.29 is 43.8 Å². The highest BCUT2D eigenvalue weighted by molar-refractivity contribution is 5.96. The van der Waals surface area contributed by atoms with E-state index in [0.29, 0.717) is 11.1 Å². The van der Waals surface area contributed by atoms with Crippen LogP contribution in [0.1, 0.15) is 42.4 Å². The molecule has 0 aromatic heterocycles. The molecule has 6 amide bonds. The number of hydrogen-bond acceptors (Lipinski definition) is 9. The van der Waals surface area contributed by atoms with E-state index in [2.05, 4.69) is 21.3 Å². The minimum Gasteiger partial charge on any atom is -0.508 e. The minimum atomic E-state index is -1.54. The Hall–Kier alpha value is -6.29. The summed E-state index contributed by atoms with van der Waals surface area (Å²) in [5, 5.41) is 29.4. The molecule has 3 aromatic carbocycles. The van der Waals surface area contributed by atoms with Crippen LogP contribution in [0.2, 0.25) is 0 Å². The fourth-order valence-corrected chi connectivity index (χ4v) is 5.29. The number of aromatic hydroxyl groups is 1. The molecule has 0 fully saturated rings. The van der Waals surface area contributed by atoms with Crippen molar-refractivity contribution in [2.45, 2.75) is 75.2 Å². The number of carbonyl (C=O) groups excluding carboxylic acids is 6. The second-order valence-electron chi connectivity index (χ2n) is 12.4. The summed E-state index contributed by atoms with van der Waals surface area (Å²) in [7, 11) is 0. The summed E-state index contributed by atoms with van der Waals surface area (Å²) < 4.78 is 0. The average Bonchev–Trinajstić information content (AvgIpc) is 3.12. The predicted molar refractivity (Wildman–Crippen MR) is 192 cm³/mol. The van der Waals surface area contributed by atoms with Gasteiger partial charge in [0, 0.05) is 25.7 Å². The van der Waals surface area contributed by atoms with Gasteiger partial charge in [-0.3, -0.25) is 28.8 Å². The molecule has 0 radical (unpaired) electrons. The van der Waals surface area contributed by atoms with Crippen molar-refractivity contribution in [1.29, 1.82) is 0 Å². The van der Waals surface area contributed by atoms with Crippen molar-refractivity contribution in [2.24, 2.45) is 17.2 Å². The summed E-state index contributed by atoms with van der Waals surface area (Å²) in [5.41, 5.74) is 18.6. The number of carboxylic acid groups (broad SMARTS) is 1. The van der Waals surface area contributed by atoms with Crippen molar-refractivity contribution in [2.75, 3.05) is 0 Å². The number of primary amides is 2. The van der Waals surface area contributed by atoms with Crippen molar-refractivity contribution in [1.82, 2.24) is 21.3 Å². The van der Waals surface area contributed by atoms with Gasteiger partial charge in [0.25, 0.3) is 0 Å². The maximum atomic E-state index is 14.0. The van der Waals surface area contributed by atoms with Crippen LogP contribution in [0.5, 0.6) is 5.75 Å². The first kappa shape index (κ1) is 41.1. The van der Waals surface area contributed by atoms with Crippen LogP contribution in [0, 0.1) is 0 Å². The summed E-state index contributed by atoms with van der Waals surface area (Å²) in [6, 6.07) is 16.9. The lowest BCUT2D eigenvalue weighted by Crippen LogP contribution is -2.59. The molecule has 282 valence electrons. The Morgan fingerprint density at radius 2 is 0.887 bits per heavy atom. The van der Waals surface area contributed by atoms with Crippen molar-refractivity contribution >= 4 is 41.4 Å². The molecule has 16 heteroatoms. The third-order valence-corrected chi connectivity index (χ3v) is 8.17. The van der Waals surface area contributed by atoms with E-state index in [1.54, 1.807) is 66.7 Å². The summed E-state index contributed by atoms with van der Waals surface area (Å²) >= 11 is 0. The van der Waals surface area contributed by atoms with Crippen LogP contribution in [-0.2, 0) is 52.8 Å². The zero-order valence-electron chi connectivity index (χ0n) is 28.9. The van der Waals surface area contributed by atoms with E-state index in [0.717, 1.165) is 5.56 Å². The van der Waals surface area contributed by atoms with Gasteiger partial charge < -0.3 is 48.7 Å². The molecule has 0 spiro atoms. The number of nitrogens with one attached hydrogen (secondary N) is 4. The molecule has 0 heterocycles. The Morgan fingerprint density at radius 1 is 0.509 bits per heavy atom. The number of nitrogens with two attached hydrogens (primary N) is 3. The van der Waals surface area contributed by atoms with Gasteiger partial charge in [-0.2, -0.15) is 0 Å². The van der Waals surface area contributed by atoms with Gasteiger partial charge in [-0.25, -0.2) is 4.79 Å². The van der Waals surface area contributed by atoms with Gasteiger partial charge in [0.2, 0.25) is 35.4 Å². The molecule has 0 aliphatic heterocycles. The standard InChI is InChI=1S/C37H45N7O9/c38-26(19-22-7-3-1-4-8-22)33(48)43-29(21-24-11-13-25(45)14-12-24)36(51)44-30(20-23-9-5-2-6-10-23)35(50)41-27(15-17-31(39)46)34(49)42-28(37(52)53)16-18-32(40)47/h1-14,26-30,45H,15-21,38H2,(H2,39,46)(H2,40,47)(H,41,50)(H,42,49)(H,43,48)(H,44,51)(H,52,53)/t26-,27-,28-,29-,30-/m0/s1. The molecule has 3 rings (SSSR count). The third-order valence-electron chi connectivity index (χ3n) is 8.17. The number of aliphatic carboxylic acids is 1. The van der Waals surface area contributed by atoms with Gasteiger partial charge >= 0.3 is 5.97 Å². The maximum absolute atomic E-state index is 14.0. The lowest BCUT2D eigenvalue weighted by atomic mass is 10.0. The Balaban J connectivity index is 1.88. The molecule has 3 aromatic rings. The lowest BCUT2D eigenvalue weighted by Gasteiger charge is -2.26. The van der Waals surface area contributed by atoms with Gasteiger partial charge in [0.1, 0.15) is 29.9 Å². The first-order chi connectivity index (χ1) is 25.2. The minimum absolute atomic E-state index is 0.0132. The lowest BCUT2D eigenvalue weighted by molar-refractivity contribution is -0.142. The highest BCUT2D eigenvalue weighted by atomic mass is 16.4. The number of amides is 6. The van der Waals surface area contributed by atoms with Crippen LogP contribution in [0.15, 0.2) is 84.9 Å². The van der Waals surface area contributed by atoms with E-state index in [9.17, 15) is 43.8 Å². The molecule has 12 N–H and O–H groups in total. The van der Waals surface area contributed by atoms with Gasteiger partial charge in [-0.1, -0.05) is 72.8 Å². The fraction of sp³-hybridized carbons (Fsp3) is 0.324. The molecule has 0 unspecified atom stereocenters. The number of carbonyl (C=O) groups is 7. The van der Waals surface area contributed by atoms with E-state index in [1.165, 1.54) is 12.1 Å². The normalized spacial score (nSPS) is 13.6. The molecule has 0 aliphatic rings. The summed E-state index contributed by atoms with van der Waals surface area (Å²) in [6.07, 6.45) is -1.31. The summed E-state index contributed by atoms with van der Waals surface area (Å²) in [4.78, 5) is 89.1. The number of hydrogen-bond donors (Lipinski definition) is 9. The molecular weight excluding hydrogens is 686 g/mol. The van der Waals surface area contributed by atoms with E-state index in [4.69, 9.17) is 17.2 Å². The molecule has 5 atom stereocenters. The quantitative estimate of drug-likeness (QED) is 0.0664. The van der Waals surface area contributed by atoms with Crippen LogP contribution in [0.25, 0.3) is 0 Å². The molecular formula is C37H45N7O9. The average molecular weight is 732 g/mol. The maximum Gasteiger partial charge on any atom is 0.326 e. The predicted octanol–water partition coefficient (Wildman–Crippen LogP) is -0.698. The number of carboxylic acids is 1. The van der Waals surface area contributed by atoms with E-state index < -0.39 is 71.6 Å². The molecule has 16 nitrogen and oxygen atoms in total. The van der Waals surface area contributed by atoms with Gasteiger partial charge in [0.05, 0.1) is 6.04 Å². The van der Waals surface area contributed by atoms with Crippen molar-refractivity contribution in [3.63, 3.8) is 0 Å². The monoisotopic (exact) mass is 731 g/mol. The number of phenolic OH excluding ortho intramolecular Hbond substituents is 1. The van der Waals surface area contributed by atoms with Crippen LogP contribution < -0.4 is 38.5 Å². The molecule has 0 aliphatic carbocycles. The van der Waals surface area contributed by atoms with Crippen molar-refractivity contribution in [3.05, 3.63) is 102 Å². The Bertz CT molecular complexity index is 1720. The van der Waals surface area contributed by atoms with E-state index in [1.807, 2.05) is 6.07 Å². The SMILES string of the molecule is NC(=O)CC[C@H](NC(=O)[C@H](CCC(N)=O)NC(=O)[C@H](Cc1ccccc1)NC(=O)[C@H](Cc1ccc(O)cc1)NC(=O)[C@@H](N)Cc1ccccc1)C(=O)O. The summed E-state index contributed by atoms with van der Waals surface area (Å²) in [5.74, 6) is -6.32. The zero-order chi connectivity index (χ0) is 38.9. The highest BCUT2D eigenvalue weighted by Crippen LogP contribution is 2.13. The number of benzene rings is 3. The van der Waals surface area contributed by atoms with E-state index >= 15 is 0 Å². The van der Waals surface area contributed by atoms with Gasteiger partial charge in [-0.15, -0.1) is 0 Å². The first-order valence-electron chi connectivity index (χ1n) is 16.8. The second-order valence-corrected chi connectivity index (χ2v) is 12.4. The smallest absolute Gasteiger partial charge is 0.326 e. The molecule has 0 saturated carbocycles. The number of phenols is 1. The first-order valence-corrected chi connectivity index (χ1v) is 16.8. The number of rotatable bonds is 21. The topological polar surface area (TPSA) is 286 Å². The van der Waals surface area contributed by atoms with Crippen LogP contribution in [-0.4, -0.2) is 81.8 Å². The largest absolute Gasteiger partial charge is 0.508 e. The second kappa shape index (κ2) is 20.5. The summed E-state index contributed by atoms with van der Waals surface area (Å²) in [6.45, 7) is 0. The van der Waals surface area contributed by atoms with Crippen LogP contribution in [0.4, 0.5) is 0 Å². The van der Waals surface area contributed by atoms with Gasteiger partial charge in [-0.05, 0) is 48.1 Å². The molecule has 0 saturated heterocycles. The molecule has 53 heavy (non-hydrogen) atoms. The van der Waals surface area contributed by atoms with Crippen LogP contribution >= 0.6 is 0 Å². The fourth-order valence-electron chi connectivity index (χ4n) is 5.29. The Labute approximate surface area is 305 Å². The third kappa shape index (κ3) is 14.5.